The lowest BCUT2D eigenvalue weighted by Crippen LogP contribution is -2.46. The first kappa shape index (κ1) is 20.9. The molecule has 132 valence electrons. The van der Waals surface area contributed by atoms with E-state index in [1.54, 1.807) is 0 Å². The van der Waals surface area contributed by atoms with Crippen LogP contribution in [0.3, 0.4) is 0 Å². The molecule has 0 bridgehead atoms. The molecule has 1 aromatic heterocycles. The average molecular weight is 388 g/mol. The third-order valence-electron chi connectivity index (χ3n) is 3.95. The second-order valence-electron chi connectivity index (χ2n) is 5.83. The summed E-state index contributed by atoms with van der Waals surface area (Å²) in [5, 5.41) is 7.50. The number of aryl methyl sites for hydroxylation is 1. The van der Waals surface area contributed by atoms with Crippen LogP contribution in [0.1, 0.15) is 34.4 Å². The number of nitrogens with one attached hydrogen (secondary N) is 2. The third-order valence-corrected chi connectivity index (χ3v) is 4.92. The first-order chi connectivity index (χ1) is 10.6. The number of hydrogen-bond acceptors (Lipinski definition) is 4. The summed E-state index contributed by atoms with van der Waals surface area (Å²) in [6.07, 6.45) is 1.96. The Kier molecular flexibility index (Phi) is 8.16. The molecule has 3 rings (SSSR count). The van der Waals surface area contributed by atoms with Crippen molar-refractivity contribution in [3.05, 3.63) is 40.2 Å². The van der Waals surface area contributed by atoms with E-state index in [1.165, 1.54) is 11.3 Å². The Morgan fingerprint density at radius 3 is 2.67 bits per heavy atom. The standard InChI is InChI=1S/C17H21N3OS.2ClH/c1-11-10-14(8-9-18-11)20-17(21)16-15(19-12(2)22-16)13-6-4-3-5-7-13;;/h3-7,11,14,18H,8-10H2,1-2H3,(H,20,21);2*1H. The number of benzene rings is 1. The van der Waals surface area contributed by atoms with Gasteiger partial charge >= 0.3 is 0 Å². The van der Waals surface area contributed by atoms with Crippen LogP contribution in [0.25, 0.3) is 11.3 Å². The van der Waals surface area contributed by atoms with Crippen LogP contribution in [0.15, 0.2) is 30.3 Å². The van der Waals surface area contributed by atoms with Crippen molar-refractivity contribution >= 4 is 42.1 Å². The van der Waals surface area contributed by atoms with Crippen molar-refractivity contribution in [1.29, 1.82) is 0 Å². The first-order valence-electron chi connectivity index (χ1n) is 7.70. The van der Waals surface area contributed by atoms with Crippen molar-refractivity contribution in [3.8, 4) is 11.3 Å². The molecule has 2 unspecified atom stereocenters. The molecule has 7 heteroatoms. The molecular formula is C17H23Cl2N3OS. The molecule has 2 heterocycles. The molecule has 1 aromatic carbocycles. The van der Waals surface area contributed by atoms with Crippen molar-refractivity contribution in [2.24, 2.45) is 0 Å². The van der Waals surface area contributed by atoms with E-state index in [0.717, 1.165) is 40.5 Å². The third kappa shape index (κ3) is 4.93. The summed E-state index contributed by atoms with van der Waals surface area (Å²) in [5.74, 6) is 0.00329. The highest BCUT2D eigenvalue weighted by Gasteiger charge is 2.23. The van der Waals surface area contributed by atoms with Gasteiger partial charge in [-0.3, -0.25) is 4.79 Å². The Balaban J connectivity index is 0.00000144. The van der Waals surface area contributed by atoms with Crippen molar-refractivity contribution in [1.82, 2.24) is 15.6 Å². The maximum Gasteiger partial charge on any atom is 0.263 e. The largest absolute Gasteiger partial charge is 0.348 e. The number of carbonyl (C=O) groups excluding carboxylic acids is 1. The minimum atomic E-state index is 0. The lowest BCUT2D eigenvalue weighted by molar-refractivity contribution is 0.0930. The number of carbonyl (C=O) groups is 1. The van der Waals surface area contributed by atoms with Gasteiger partial charge in [0.05, 0.1) is 10.7 Å². The predicted molar refractivity (Wildman–Crippen MR) is 105 cm³/mol. The molecule has 2 N–H and O–H groups in total. The van der Waals surface area contributed by atoms with Gasteiger partial charge in [0.25, 0.3) is 5.91 Å². The number of hydrogen-bond donors (Lipinski definition) is 2. The fourth-order valence-corrected chi connectivity index (χ4v) is 3.73. The number of halogens is 2. The van der Waals surface area contributed by atoms with Gasteiger partial charge in [-0.05, 0) is 33.2 Å². The lowest BCUT2D eigenvalue weighted by Gasteiger charge is -2.28. The molecular weight excluding hydrogens is 365 g/mol. The van der Waals surface area contributed by atoms with Gasteiger partial charge in [0.2, 0.25) is 0 Å². The summed E-state index contributed by atoms with van der Waals surface area (Å²) in [7, 11) is 0. The molecule has 1 fully saturated rings. The van der Waals surface area contributed by atoms with E-state index in [9.17, 15) is 4.79 Å². The fraction of sp³-hybridized carbons (Fsp3) is 0.412. The molecule has 2 aromatic rings. The predicted octanol–water partition coefficient (Wildman–Crippen LogP) is 3.83. The van der Waals surface area contributed by atoms with Gasteiger partial charge in [-0.1, -0.05) is 30.3 Å². The molecule has 4 nitrogen and oxygen atoms in total. The highest BCUT2D eigenvalue weighted by molar-refractivity contribution is 7.14. The topological polar surface area (TPSA) is 54.0 Å². The molecule has 1 saturated heterocycles. The molecule has 0 radical (unpaired) electrons. The summed E-state index contributed by atoms with van der Waals surface area (Å²) < 4.78 is 0. The van der Waals surface area contributed by atoms with Crippen LogP contribution in [0, 0.1) is 6.92 Å². The number of rotatable bonds is 3. The molecule has 0 spiro atoms. The van der Waals surface area contributed by atoms with E-state index >= 15 is 0 Å². The zero-order valence-corrected chi connectivity index (χ0v) is 16.2. The van der Waals surface area contributed by atoms with Gasteiger partial charge in [0.1, 0.15) is 4.88 Å². The Labute approximate surface area is 159 Å². The Bertz CT molecular complexity index is 663. The SMILES string of the molecule is Cc1nc(-c2ccccc2)c(C(=O)NC2CCNC(C)C2)s1.Cl.Cl. The number of piperidine rings is 1. The Morgan fingerprint density at radius 1 is 1.29 bits per heavy atom. The van der Waals surface area contributed by atoms with Crippen molar-refractivity contribution in [2.45, 2.75) is 38.8 Å². The van der Waals surface area contributed by atoms with Gasteiger partial charge < -0.3 is 10.6 Å². The van der Waals surface area contributed by atoms with E-state index in [1.807, 2.05) is 37.3 Å². The Morgan fingerprint density at radius 2 is 2.00 bits per heavy atom. The van der Waals surface area contributed by atoms with Crippen LogP contribution in [-0.4, -0.2) is 29.5 Å². The molecule has 0 aliphatic carbocycles. The minimum Gasteiger partial charge on any atom is -0.348 e. The molecule has 1 amide bonds. The molecule has 0 saturated carbocycles. The van der Waals surface area contributed by atoms with Crippen LogP contribution >= 0.6 is 36.2 Å². The minimum absolute atomic E-state index is 0. The van der Waals surface area contributed by atoms with Crippen molar-refractivity contribution < 1.29 is 4.79 Å². The molecule has 1 aliphatic heterocycles. The average Bonchev–Trinajstić information content (AvgIpc) is 2.90. The number of thiazole rings is 1. The monoisotopic (exact) mass is 387 g/mol. The van der Waals surface area contributed by atoms with Crippen LogP contribution in [0.2, 0.25) is 0 Å². The number of amides is 1. The highest BCUT2D eigenvalue weighted by Crippen LogP contribution is 2.28. The zero-order chi connectivity index (χ0) is 15.5. The first-order valence-corrected chi connectivity index (χ1v) is 8.52. The summed E-state index contributed by atoms with van der Waals surface area (Å²) in [6.45, 7) is 5.06. The number of aromatic nitrogens is 1. The fourth-order valence-electron chi connectivity index (χ4n) is 2.89. The van der Waals surface area contributed by atoms with Crippen LogP contribution in [0.4, 0.5) is 0 Å². The maximum absolute atomic E-state index is 12.7. The smallest absolute Gasteiger partial charge is 0.263 e. The van der Waals surface area contributed by atoms with E-state index in [2.05, 4.69) is 22.5 Å². The van der Waals surface area contributed by atoms with E-state index in [0.29, 0.717) is 6.04 Å². The van der Waals surface area contributed by atoms with E-state index in [-0.39, 0.29) is 36.8 Å². The normalized spacial score (nSPS) is 19.8. The van der Waals surface area contributed by atoms with Gasteiger partial charge in [0.15, 0.2) is 0 Å². The van der Waals surface area contributed by atoms with Crippen molar-refractivity contribution in [3.63, 3.8) is 0 Å². The summed E-state index contributed by atoms with van der Waals surface area (Å²) in [4.78, 5) is 17.9. The highest BCUT2D eigenvalue weighted by atomic mass is 35.5. The quantitative estimate of drug-likeness (QED) is 0.840. The van der Waals surface area contributed by atoms with Crippen LogP contribution in [-0.2, 0) is 0 Å². The second-order valence-corrected chi connectivity index (χ2v) is 7.03. The summed E-state index contributed by atoms with van der Waals surface area (Å²) in [5.41, 5.74) is 1.79. The second kappa shape index (κ2) is 9.37. The van der Waals surface area contributed by atoms with Gasteiger partial charge in [-0.15, -0.1) is 36.2 Å². The Hall–Kier alpha value is -1.14. The van der Waals surface area contributed by atoms with Crippen LogP contribution < -0.4 is 10.6 Å². The lowest BCUT2D eigenvalue weighted by atomic mass is 10.0. The summed E-state index contributed by atoms with van der Waals surface area (Å²) >= 11 is 1.47. The molecule has 24 heavy (non-hydrogen) atoms. The van der Waals surface area contributed by atoms with E-state index < -0.39 is 0 Å². The summed E-state index contributed by atoms with van der Waals surface area (Å²) in [6, 6.07) is 10.6. The van der Waals surface area contributed by atoms with Gasteiger partial charge in [-0.25, -0.2) is 4.98 Å². The number of nitrogens with zero attached hydrogens (tertiary/aromatic N) is 1. The maximum atomic E-state index is 12.7. The van der Waals surface area contributed by atoms with Gasteiger partial charge in [-0.2, -0.15) is 0 Å². The zero-order valence-electron chi connectivity index (χ0n) is 13.7. The van der Waals surface area contributed by atoms with Gasteiger partial charge in [0, 0.05) is 17.6 Å². The molecule has 1 aliphatic rings. The molecule has 2 atom stereocenters. The van der Waals surface area contributed by atoms with Crippen LogP contribution in [0.5, 0.6) is 0 Å². The van der Waals surface area contributed by atoms with Crippen molar-refractivity contribution in [2.75, 3.05) is 6.54 Å². The van der Waals surface area contributed by atoms with E-state index in [4.69, 9.17) is 0 Å².